The summed E-state index contributed by atoms with van der Waals surface area (Å²) in [6.45, 7) is 7.65. The zero-order chi connectivity index (χ0) is 9.84. The summed E-state index contributed by atoms with van der Waals surface area (Å²) in [7, 11) is 2.21. The third-order valence-corrected chi connectivity index (χ3v) is 2.86. The fraction of sp³-hybridized carbons (Fsp3) is 1.00. The predicted molar refractivity (Wildman–Crippen MR) is 56.0 cm³/mol. The second kappa shape index (κ2) is 4.97. The highest BCUT2D eigenvalue weighted by Crippen LogP contribution is 2.20. The van der Waals surface area contributed by atoms with E-state index < -0.39 is 0 Å². The summed E-state index contributed by atoms with van der Waals surface area (Å²) in [6.07, 6.45) is 4.74. The number of likely N-dealkylation sites (N-methyl/N-ethyl adjacent to an activating group) is 1. The highest BCUT2D eigenvalue weighted by molar-refractivity contribution is 4.79. The number of piperidine rings is 1. The second-order valence-corrected chi connectivity index (χ2v) is 4.43. The van der Waals surface area contributed by atoms with Crippen LogP contribution in [0.25, 0.3) is 0 Å². The monoisotopic (exact) mass is 185 g/mol. The van der Waals surface area contributed by atoms with Crippen molar-refractivity contribution in [3.8, 4) is 0 Å². The molecular formula is C11H23NO. The van der Waals surface area contributed by atoms with Crippen molar-refractivity contribution in [1.82, 2.24) is 4.90 Å². The van der Waals surface area contributed by atoms with E-state index >= 15 is 0 Å². The zero-order valence-corrected chi connectivity index (χ0v) is 9.42. The quantitative estimate of drug-likeness (QED) is 0.669. The van der Waals surface area contributed by atoms with Crippen molar-refractivity contribution in [2.45, 2.75) is 58.3 Å². The number of ether oxygens (including phenoxy) is 1. The fourth-order valence-corrected chi connectivity index (χ4v) is 2.21. The standard InChI is InChI=1S/C11H23NO/c1-9(2)13-10(3)11-7-5-6-8-12(11)4/h9-11H,5-8H2,1-4H3/t10-,11?/m0/s1. The Balaban J connectivity index is 2.39. The summed E-state index contributed by atoms with van der Waals surface area (Å²) in [4.78, 5) is 2.44. The van der Waals surface area contributed by atoms with E-state index in [4.69, 9.17) is 4.74 Å². The van der Waals surface area contributed by atoms with Crippen LogP contribution in [0.15, 0.2) is 0 Å². The Morgan fingerprint density at radius 1 is 1.23 bits per heavy atom. The third-order valence-electron chi connectivity index (χ3n) is 2.86. The minimum absolute atomic E-state index is 0.352. The average Bonchev–Trinajstić information content (AvgIpc) is 2.03. The third kappa shape index (κ3) is 3.28. The molecule has 1 aliphatic heterocycles. The van der Waals surface area contributed by atoms with E-state index in [0.717, 1.165) is 0 Å². The Kier molecular flexibility index (Phi) is 4.20. The van der Waals surface area contributed by atoms with Gasteiger partial charge in [-0.3, -0.25) is 0 Å². The van der Waals surface area contributed by atoms with Crippen molar-refractivity contribution in [1.29, 1.82) is 0 Å². The first kappa shape index (κ1) is 11.0. The van der Waals surface area contributed by atoms with Crippen LogP contribution in [0, 0.1) is 0 Å². The van der Waals surface area contributed by atoms with Gasteiger partial charge in [-0.25, -0.2) is 0 Å². The Hall–Kier alpha value is -0.0800. The number of likely N-dealkylation sites (tertiary alicyclic amines) is 1. The number of hydrogen-bond acceptors (Lipinski definition) is 2. The first-order valence-corrected chi connectivity index (χ1v) is 5.47. The van der Waals surface area contributed by atoms with Crippen LogP contribution in [0.4, 0.5) is 0 Å². The summed E-state index contributed by atoms with van der Waals surface area (Å²) >= 11 is 0. The molecule has 0 bridgehead atoms. The molecule has 0 radical (unpaired) electrons. The first-order valence-electron chi connectivity index (χ1n) is 5.47. The highest BCUT2D eigenvalue weighted by Gasteiger charge is 2.25. The predicted octanol–water partition coefficient (Wildman–Crippen LogP) is 2.28. The van der Waals surface area contributed by atoms with Gasteiger partial charge in [-0.2, -0.15) is 0 Å². The molecule has 1 aliphatic rings. The summed E-state index contributed by atoms with van der Waals surface area (Å²) in [5, 5.41) is 0. The molecule has 1 heterocycles. The Labute approximate surface area is 82.3 Å². The van der Waals surface area contributed by atoms with Gasteiger partial charge in [-0.15, -0.1) is 0 Å². The molecule has 0 N–H and O–H groups in total. The summed E-state index contributed by atoms with van der Waals surface area (Å²) in [5.41, 5.74) is 0. The van der Waals surface area contributed by atoms with Crippen molar-refractivity contribution < 1.29 is 4.74 Å². The fourth-order valence-electron chi connectivity index (χ4n) is 2.21. The molecule has 1 saturated heterocycles. The Bertz CT molecular complexity index is 147. The zero-order valence-electron chi connectivity index (χ0n) is 9.42. The van der Waals surface area contributed by atoms with Gasteiger partial charge in [0.1, 0.15) is 0 Å². The van der Waals surface area contributed by atoms with Crippen molar-refractivity contribution in [3.05, 3.63) is 0 Å². The van der Waals surface area contributed by atoms with Gasteiger partial charge >= 0.3 is 0 Å². The van der Waals surface area contributed by atoms with E-state index in [9.17, 15) is 0 Å². The topological polar surface area (TPSA) is 12.5 Å². The number of nitrogens with zero attached hydrogens (tertiary/aromatic N) is 1. The van der Waals surface area contributed by atoms with E-state index in [-0.39, 0.29) is 0 Å². The van der Waals surface area contributed by atoms with Crippen LogP contribution in [-0.4, -0.2) is 36.7 Å². The van der Waals surface area contributed by atoms with Crippen LogP contribution < -0.4 is 0 Å². The molecule has 0 aromatic heterocycles. The lowest BCUT2D eigenvalue weighted by Crippen LogP contribution is -2.44. The maximum absolute atomic E-state index is 5.82. The molecule has 0 aromatic carbocycles. The van der Waals surface area contributed by atoms with Crippen LogP contribution in [0.1, 0.15) is 40.0 Å². The molecule has 78 valence electrons. The van der Waals surface area contributed by atoms with Gasteiger partial charge in [-0.1, -0.05) is 6.42 Å². The molecule has 1 unspecified atom stereocenters. The van der Waals surface area contributed by atoms with Crippen molar-refractivity contribution in [2.24, 2.45) is 0 Å². The van der Waals surface area contributed by atoms with Crippen LogP contribution in [-0.2, 0) is 4.74 Å². The molecule has 1 fully saturated rings. The maximum atomic E-state index is 5.82. The molecule has 2 nitrogen and oxygen atoms in total. The Morgan fingerprint density at radius 2 is 1.92 bits per heavy atom. The lowest BCUT2D eigenvalue weighted by molar-refractivity contribution is -0.0394. The number of hydrogen-bond donors (Lipinski definition) is 0. The van der Waals surface area contributed by atoms with Crippen molar-refractivity contribution in [2.75, 3.05) is 13.6 Å². The summed E-state index contributed by atoms with van der Waals surface area (Å²) < 4.78 is 5.82. The highest BCUT2D eigenvalue weighted by atomic mass is 16.5. The Morgan fingerprint density at radius 3 is 2.46 bits per heavy atom. The van der Waals surface area contributed by atoms with E-state index in [1.165, 1.54) is 25.8 Å². The molecule has 0 spiro atoms. The van der Waals surface area contributed by atoms with Gasteiger partial charge in [0.05, 0.1) is 12.2 Å². The summed E-state index contributed by atoms with van der Waals surface area (Å²) in [5.74, 6) is 0. The van der Waals surface area contributed by atoms with Crippen molar-refractivity contribution in [3.63, 3.8) is 0 Å². The molecule has 2 atom stereocenters. The first-order chi connectivity index (χ1) is 6.11. The largest absolute Gasteiger partial charge is 0.374 e. The molecule has 2 heteroatoms. The lowest BCUT2D eigenvalue weighted by atomic mass is 9.99. The van der Waals surface area contributed by atoms with E-state index in [1.54, 1.807) is 0 Å². The van der Waals surface area contributed by atoms with E-state index in [2.05, 4.69) is 32.7 Å². The minimum atomic E-state index is 0.352. The summed E-state index contributed by atoms with van der Waals surface area (Å²) in [6, 6.07) is 0.635. The van der Waals surface area contributed by atoms with Crippen LogP contribution >= 0.6 is 0 Å². The maximum Gasteiger partial charge on any atom is 0.0705 e. The smallest absolute Gasteiger partial charge is 0.0705 e. The molecule has 0 aromatic rings. The molecule has 0 aliphatic carbocycles. The van der Waals surface area contributed by atoms with Gasteiger partial charge in [0, 0.05) is 6.04 Å². The van der Waals surface area contributed by atoms with E-state index in [0.29, 0.717) is 18.2 Å². The molecular weight excluding hydrogens is 162 g/mol. The van der Waals surface area contributed by atoms with Crippen molar-refractivity contribution >= 4 is 0 Å². The van der Waals surface area contributed by atoms with Gasteiger partial charge in [0.25, 0.3) is 0 Å². The van der Waals surface area contributed by atoms with Crippen LogP contribution in [0.2, 0.25) is 0 Å². The average molecular weight is 185 g/mol. The molecule has 0 amide bonds. The lowest BCUT2D eigenvalue weighted by Gasteiger charge is -2.37. The van der Waals surface area contributed by atoms with E-state index in [1.807, 2.05) is 0 Å². The van der Waals surface area contributed by atoms with Gasteiger partial charge in [-0.05, 0) is 47.2 Å². The van der Waals surface area contributed by atoms with Crippen LogP contribution in [0.5, 0.6) is 0 Å². The molecule has 0 saturated carbocycles. The molecule has 13 heavy (non-hydrogen) atoms. The SMILES string of the molecule is CC(C)O[C@@H](C)C1CCCCN1C. The normalized spacial score (nSPS) is 27.9. The van der Waals surface area contributed by atoms with Gasteiger partial charge < -0.3 is 9.64 Å². The second-order valence-electron chi connectivity index (χ2n) is 4.43. The van der Waals surface area contributed by atoms with Gasteiger partial charge in [0.2, 0.25) is 0 Å². The van der Waals surface area contributed by atoms with Crippen LogP contribution in [0.3, 0.4) is 0 Å². The minimum Gasteiger partial charge on any atom is -0.374 e. The molecule has 1 rings (SSSR count). The number of rotatable bonds is 3. The van der Waals surface area contributed by atoms with Gasteiger partial charge in [0.15, 0.2) is 0 Å².